The maximum absolute atomic E-state index is 14.2. The smallest absolute Gasteiger partial charge is 0.320 e. The number of esters is 2. The van der Waals surface area contributed by atoms with Crippen LogP contribution in [0.4, 0.5) is 5.69 Å². The normalized spacial score (nSPS) is 24.2. The molecule has 2 saturated heterocycles. The lowest BCUT2D eigenvalue weighted by atomic mass is 9.76. The number of benzene rings is 3. The summed E-state index contributed by atoms with van der Waals surface area (Å²) in [7, 11) is 0. The minimum Gasteiger partial charge on any atom is -0.393 e. The van der Waals surface area contributed by atoms with Crippen LogP contribution in [0.5, 0.6) is 0 Å². The van der Waals surface area contributed by atoms with Crippen LogP contribution >= 0.6 is 23.2 Å². The summed E-state index contributed by atoms with van der Waals surface area (Å²) in [6.45, 7) is 1.92. The van der Waals surface area contributed by atoms with Gasteiger partial charge in [0.15, 0.2) is 17.1 Å². The number of anilines is 1. The average Bonchev–Trinajstić information content (AvgIpc) is 3.40. The van der Waals surface area contributed by atoms with Crippen molar-refractivity contribution in [2.75, 3.05) is 4.90 Å². The van der Waals surface area contributed by atoms with Crippen LogP contribution in [0.3, 0.4) is 0 Å². The first kappa shape index (κ1) is 22.0. The highest BCUT2D eigenvalue weighted by Crippen LogP contribution is 2.60. The molecule has 0 bridgehead atoms. The summed E-state index contributed by atoms with van der Waals surface area (Å²) in [6.07, 6.45) is 0. The van der Waals surface area contributed by atoms with Crippen molar-refractivity contribution < 1.29 is 23.9 Å². The molecule has 3 aliphatic rings. The van der Waals surface area contributed by atoms with Crippen LogP contribution in [0.1, 0.15) is 37.9 Å². The number of Topliss-reactive ketones (excluding diaryl/α,β-unsaturated/α-hetero) is 2. The molecule has 6 rings (SSSR count). The van der Waals surface area contributed by atoms with Gasteiger partial charge in [-0.15, -0.1) is 0 Å². The monoisotopic (exact) mass is 505 g/mol. The van der Waals surface area contributed by atoms with Crippen LogP contribution in [-0.2, 0) is 14.3 Å². The molecule has 6 nitrogen and oxygen atoms in total. The zero-order chi connectivity index (χ0) is 24.6. The first-order valence-electron chi connectivity index (χ1n) is 11.0. The molecule has 174 valence electrons. The molecule has 3 aromatic carbocycles. The second kappa shape index (κ2) is 7.51. The number of halogens is 2. The molecule has 0 amide bonds. The van der Waals surface area contributed by atoms with Crippen molar-refractivity contribution in [3.05, 3.63) is 99.0 Å². The van der Waals surface area contributed by atoms with Gasteiger partial charge >= 0.3 is 11.9 Å². The molecule has 3 atom stereocenters. The van der Waals surface area contributed by atoms with Crippen molar-refractivity contribution in [3.63, 3.8) is 0 Å². The fourth-order valence-electron chi connectivity index (χ4n) is 5.80. The largest absolute Gasteiger partial charge is 0.393 e. The average molecular weight is 506 g/mol. The van der Waals surface area contributed by atoms with E-state index in [1.165, 1.54) is 0 Å². The molecule has 2 fully saturated rings. The lowest BCUT2D eigenvalue weighted by Gasteiger charge is -2.39. The number of rotatable bonds is 2. The number of cyclic esters (lactones) is 2. The quantitative estimate of drug-likeness (QED) is 0.360. The number of hydrogen-bond acceptors (Lipinski definition) is 6. The first-order valence-corrected chi connectivity index (χ1v) is 11.8. The predicted octanol–water partition coefficient (Wildman–Crippen LogP) is 5.00. The van der Waals surface area contributed by atoms with Gasteiger partial charge in [0, 0.05) is 16.8 Å². The second-order valence-corrected chi connectivity index (χ2v) is 9.85. The Kier molecular flexibility index (Phi) is 4.72. The minimum absolute atomic E-state index is 0.206. The summed E-state index contributed by atoms with van der Waals surface area (Å²) in [5.41, 5.74) is 0.469. The predicted molar refractivity (Wildman–Crippen MR) is 129 cm³/mol. The third-order valence-corrected chi connectivity index (χ3v) is 7.98. The van der Waals surface area contributed by atoms with Gasteiger partial charge in [-0.05, 0) is 30.7 Å². The number of aryl methyl sites for hydroxylation is 1. The van der Waals surface area contributed by atoms with E-state index in [-0.39, 0.29) is 16.1 Å². The molecule has 0 radical (unpaired) electrons. The minimum atomic E-state index is -2.00. The molecule has 1 aliphatic carbocycles. The Morgan fingerprint density at radius 3 is 2.03 bits per heavy atom. The van der Waals surface area contributed by atoms with Crippen LogP contribution in [0.2, 0.25) is 10.0 Å². The van der Waals surface area contributed by atoms with E-state index < -0.39 is 46.9 Å². The van der Waals surface area contributed by atoms with Gasteiger partial charge in [0.25, 0.3) is 0 Å². The van der Waals surface area contributed by atoms with E-state index in [9.17, 15) is 19.2 Å². The number of ketones is 2. The Morgan fingerprint density at radius 1 is 0.800 bits per heavy atom. The molecular formula is C27H17Cl2NO5. The fraction of sp³-hybridized carbons (Fsp3) is 0.185. The van der Waals surface area contributed by atoms with Gasteiger partial charge in [-0.25, -0.2) is 0 Å². The Labute approximate surface area is 210 Å². The van der Waals surface area contributed by atoms with Crippen molar-refractivity contribution in [1.29, 1.82) is 0 Å². The van der Waals surface area contributed by atoms with Crippen LogP contribution in [0, 0.1) is 18.8 Å². The van der Waals surface area contributed by atoms with E-state index in [1.54, 1.807) is 47.4 Å². The first-order chi connectivity index (χ1) is 16.8. The van der Waals surface area contributed by atoms with Gasteiger partial charge in [0.1, 0.15) is 5.92 Å². The zero-order valence-corrected chi connectivity index (χ0v) is 19.8. The fourth-order valence-corrected chi connectivity index (χ4v) is 6.09. The molecule has 8 heteroatoms. The molecule has 3 aromatic rings. The molecular weight excluding hydrogens is 489 g/mol. The van der Waals surface area contributed by atoms with Crippen LogP contribution in [0.15, 0.2) is 66.7 Å². The number of ether oxygens (including phenoxy) is 1. The third-order valence-electron chi connectivity index (χ3n) is 7.24. The van der Waals surface area contributed by atoms with Crippen molar-refractivity contribution in [1.82, 2.24) is 0 Å². The zero-order valence-electron chi connectivity index (χ0n) is 18.3. The van der Waals surface area contributed by atoms with E-state index in [0.717, 1.165) is 5.56 Å². The summed E-state index contributed by atoms with van der Waals surface area (Å²) in [6, 6.07) is 17.8. The van der Waals surface area contributed by atoms with Gasteiger partial charge in [-0.1, -0.05) is 77.3 Å². The summed E-state index contributed by atoms with van der Waals surface area (Å²) < 4.78 is 5.06. The number of carbonyl (C=O) groups is 4. The van der Waals surface area contributed by atoms with Crippen LogP contribution in [-0.4, -0.2) is 29.0 Å². The number of nitrogens with zero attached hydrogens (tertiary/aromatic N) is 1. The van der Waals surface area contributed by atoms with Gasteiger partial charge in [-0.2, -0.15) is 0 Å². The number of hydrogen-bond donors (Lipinski definition) is 0. The van der Waals surface area contributed by atoms with Crippen molar-refractivity contribution in [2.24, 2.45) is 11.8 Å². The molecule has 1 spiro atoms. The molecule has 0 saturated carbocycles. The maximum Gasteiger partial charge on any atom is 0.320 e. The summed E-state index contributed by atoms with van der Waals surface area (Å²) in [5, 5.41) is 0.502. The van der Waals surface area contributed by atoms with Crippen molar-refractivity contribution >= 4 is 52.4 Å². The molecule has 35 heavy (non-hydrogen) atoms. The highest BCUT2D eigenvalue weighted by Gasteiger charge is 2.76. The Hall–Kier alpha value is -3.48. The lowest BCUT2D eigenvalue weighted by molar-refractivity contribution is -0.154. The molecule has 0 unspecified atom stereocenters. The topological polar surface area (TPSA) is 80.8 Å². The van der Waals surface area contributed by atoms with E-state index in [1.807, 2.05) is 31.2 Å². The van der Waals surface area contributed by atoms with Crippen molar-refractivity contribution in [3.8, 4) is 0 Å². The summed E-state index contributed by atoms with van der Waals surface area (Å²) >= 11 is 12.5. The SMILES string of the molecule is Cc1ccc([C@@H]2[C@@H]3C(=O)OC(=O)[C@@H]3C3(C(=O)c4ccccc4C3=O)N2c2ccc(Cl)c(Cl)c2)cc1. The van der Waals surface area contributed by atoms with Crippen LogP contribution < -0.4 is 4.90 Å². The maximum atomic E-state index is 14.2. The summed E-state index contributed by atoms with van der Waals surface area (Å²) in [4.78, 5) is 56.2. The van der Waals surface area contributed by atoms with Crippen LogP contribution in [0.25, 0.3) is 0 Å². The lowest BCUT2D eigenvalue weighted by Crippen LogP contribution is -2.59. The molecule has 0 aromatic heterocycles. The van der Waals surface area contributed by atoms with Crippen molar-refractivity contribution in [2.45, 2.75) is 18.5 Å². The van der Waals surface area contributed by atoms with E-state index in [2.05, 4.69) is 0 Å². The Bertz CT molecular complexity index is 1430. The van der Waals surface area contributed by atoms with E-state index >= 15 is 0 Å². The number of carbonyl (C=O) groups excluding carboxylic acids is 4. The summed E-state index contributed by atoms with van der Waals surface area (Å²) in [5.74, 6) is -5.11. The Balaban J connectivity index is 1.69. The molecule has 0 N–H and O–H groups in total. The van der Waals surface area contributed by atoms with E-state index in [0.29, 0.717) is 16.3 Å². The Morgan fingerprint density at radius 2 is 1.43 bits per heavy atom. The number of fused-ring (bicyclic) bond motifs is 3. The van der Waals surface area contributed by atoms with E-state index in [4.69, 9.17) is 27.9 Å². The van der Waals surface area contributed by atoms with Gasteiger partial charge in [-0.3, -0.25) is 19.2 Å². The third kappa shape index (κ3) is 2.78. The standard InChI is InChI=1S/C27H17Cl2NO5/c1-13-6-8-14(9-7-13)22-20-21(26(34)35-25(20)33)27(30(22)15-10-11-18(28)19(29)12-15)23(31)16-4-2-3-5-17(16)24(27)32/h2-12,20-22H,1H3/t20-,21-,22-/m1/s1. The molecule has 2 aliphatic heterocycles. The molecule has 2 heterocycles. The van der Waals surface area contributed by atoms with Gasteiger partial charge in [0.05, 0.1) is 22.0 Å². The second-order valence-electron chi connectivity index (χ2n) is 9.04. The highest BCUT2D eigenvalue weighted by atomic mass is 35.5. The highest BCUT2D eigenvalue weighted by molar-refractivity contribution is 6.42. The van der Waals surface area contributed by atoms with Gasteiger partial charge < -0.3 is 9.64 Å². The van der Waals surface area contributed by atoms with Gasteiger partial charge in [0.2, 0.25) is 0 Å².